The highest BCUT2D eigenvalue weighted by molar-refractivity contribution is 7.18. The summed E-state index contributed by atoms with van der Waals surface area (Å²) in [7, 11) is 0. The number of likely N-dealkylation sites (tertiary alicyclic amines) is 1. The largest absolute Gasteiger partial charge is 0.481 e. The number of carboxylic acids is 1. The van der Waals surface area contributed by atoms with E-state index in [1.807, 2.05) is 25.1 Å². The van der Waals surface area contributed by atoms with Crippen LogP contribution in [0.15, 0.2) is 24.3 Å². The summed E-state index contributed by atoms with van der Waals surface area (Å²) in [6.07, 6.45) is 0. The Labute approximate surface area is 115 Å². The number of benzene rings is 1. The molecule has 0 spiro atoms. The van der Waals surface area contributed by atoms with Crippen LogP contribution in [0.3, 0.4) is 0 Å². The van der Waals surface area contributed by atoms with Gasteiger partial charge in [0.1, 0.15) is 5.01 Å². The van der Waals surface area contributed by atoms with E-state index in [0.717, 1.165) is 23.6 Å². The number of aliphatic carboxylic acids is 1. The number of hydrogen-bond donors (Lipinski definition) is 1. The maximum absolute atomic E-state index is 11.1. The zero-order valence-corrected chi connectivity index (χ0v) is 11.6. The zero-order valence-electron chi connectivity index (χ0n) is 10.7. The molecule has 1 aromatic heterocycles. The van der Waals surface area contributed by atoms with E-state index in [1.165, 1.54) is 4.70 Å². The monoisotopic (exact) mass is 276 g/mol. The van der Waals surface area contributed by atoms with Gasteiger partial charge in [-0.15, -0.1) is 11.3 Å². The van der Waals surface area contributed by atoms with E-state index in [2.05, 4.69) is 16.0 Å². The lowest BCUT2D eigenvalue weighted by molar-refractivity contribution is -0.142. The molecule has 1 fully saturated rings. The first kappa shape index (κ1) is 12.6. The van der Waals surface area contributed by atoms with Crippen LogP contribution in [-0.4, -0.2) is 34.0 Å². The standard InChI is InChI=1S/C14H16N2O2S/c1-9-6-16(7-10(9)14(17)18)8-13-15-11-4-2-3-5-12(11)19-13/h2-5,9-10H,6-8H2,1H3,(H,17,18). The maximum Gasteiger partial charge on any atom is 0.308 e. The van der Waals surface area contributed by atoms with Crippen LogP contribution >= 0.6 is 11.3 Å². The topological polar surface area (TPSA) is 53.4 Å². The fourth-order valence-corrected chi connectivity index (χ4v) is 3.71. The Kier molecular flexibility index (Phi) is 3.24. The van der Waals surface area contributed by atoms with Gasteiger partial charge in [-0.3, -0.25) is 9.69 Å². The zero-order chi connectivity index (χ0) is 13.4. The van der Waals surface area contributed by atoms with E-state index >= 15 is 0 Å². The fourth-order valence-electron chi connectivity index (χ4n) is 2.70. The summed E-state index contributed by atoms with van der Waals surface area (Å²) >= 11 is 1.69. The summed E-state index contributed by atoms with van der Waals surface area (Å²) in [6, 6.07) is 8.10. The molecule has 2 heterocycles. The van der Waals surface area contributed by atoms with Gasteiger partial charge in [-0.05, 0) is 18.1 Å². The van der Waals surface area contributed by atoms with Crippen molar-refractivity contribution in [2.24, 2.45) is 11.8 Å². The van der Waals surface area contributed by atoms with Crippen LogP contribution in [0.5, 0.6) is 0 Å². The molecular weight excluding hydrogens is 260 g/mol. The third-order valence-electron chi connectivity index (χ3n) is 3.70. The summed E-state index contributed by atoms with van der Waals surface area (Å²) in [6.45, 7) is 4.24. The molecule has 5 heteroatoms. The highest BCUT2D eigenvalue weighted by Gasteiger charge is 2.34. The van der Waals surface area contributed by atoms with Crippen LogP contribution in [0.2, 0.25) is 0 Å². The average Bonchev–Trinajstić information content (AvgIpc) is 2.92. The highest BCUT2D eigenvalue weighted by Crippen LogP contribution is 2.27. The van der Waals surface area contributed by atoms with Crippen LogP contribution in [0, 0.1) is 11.8 Å². The molecule has 0 aliphatic carbocycles. The highest BCUT2D eigenvalue weighted by atomic mass is 32.1. The molecule has 1 aliphatic rings. The normalized spacial score (nSPS) is 24.1. The lowest BCUT2D eigenvalue weighted by Gasteiger charge is -2.12. The van der Waals surface area contributed by atoms with Gasteiger partial charge in [0.2, 0.25) is 0 Å². The molecule has 1 aliphatic heterocycles. The molecule has 1 N–H and O–H groups in total. The number of carboxylic acid groups (broad SMARTS) is 1. The molecule has 2 aromatic rings. The molecular formula is C14H16N2O2S. The summed E-state index contributed by atoms with van der Waals surface area (Å²) in [4.78, 5) is 17.9. The van der Waals surface area contributed by atoms with Crippen LogP contribution in [0.25, 0.3) is 10.2 Å². The van der Waals surface area contributed by atoms with Gasteiger partial charge in [0.25, 0.3) is 0 Å². The Morgan fingerprint density at radius 2 is 2.26 bits per heavy atom. The van der Waals surface area contributed by atoms with E-state index in [4.69, 9.17) is 5.11 Å². The van der Waals surface area contributed by atoms with Gasteiger partial charge in [0.05, 0.1) is 22.7 Å². The molecule has 0 bridgehead atoms. The van der Waals surface area contributed by atoms with Gasteiger partial charge in [-0.25, -0.2) is 4.98 Å². The number of nitrogens with zero attached hydrogens (tertiary/aromatic N) is 2. The van der Waals surface area contributed by atoms with Gasteiger partial charge in [-0.1, -0.05) is 19.1 Å². The van der Waals surface area contributed by atoms with Gasteiger partial charge < -0.3 is 5.11 Å². The van der Waals surface area contributed by atoms with Crippen LogP contribution in [0.1, 0.15) is 11.9 Å². The van der Waals surface area contributed by atoms with Gasteiger partial charge in [-0.2, -0.15) is 0 Å². The molecule has 100 valence electrons. The van der Waals surface area contributed by atoms with Gasteiger partial charge in [0, 0.05) is 13.1 Å². The molecule has 19 heavy (non-hydrogen) atoms. The fraction of sp³-hybridized carbons (Fsp3) is 0.429. The maximum atomic E-state index is 11.1. The molecule has 2 unspecified atom stereocenters. The average molecular weight is 276 g/mol. The smallest absolute Gasteiger partial charge is 0.308 e. The summed E-state index contributed by atoms with van der Waals surface area (Å²) < 4.78 is 1.19. The quantitative estimate of drug-likeness (QED) is 0.935. The second-order valence-electron chi connectivity index (χ2n) is 5.19. The van der Waals surface area contributed by atoms with Crippen molar-refractivity contribution in [3.8, 4) is 0 Å². The van der Waals surface area contributed by atoms with E-state index < -0.39 is 5.97 Å². The summed E-state index contributed by atoms with van der Waals surface area (Å²) in [5.74, 6) is -0.708. The molecule has 0 saturated carbocycles. The Morgan fingerprint density at radius 1 is 1.47 bits per heavy atom. The first-order valence-corrected chi connectivity index (χ1v) is 7.25. The minimum absolute atomic E-state index is 0.215. The second kappa shape index (κ2) is 4.90. The molecule has 0 radical (unpaired) electrons. The predicted molar refractivity (Wildman–Crippen MR) is 75.2 cm³/mol. The van der Waals surface area contributed by atoms with Crippen molar-refractivity contribution < 1.29 is 9.90 Å². The lowest BCUT2D eigenvalue weighted by Crippen LogP contribution is -2.23. The number of thiazole rings is 1. The summed E-state index contributed by atoms with van der Waals surface area (Å²) in [5.41, 5.74) is 1.03. The van der Waals surface area contributed by atoms with Gasteiger partial charge in [0.15, 0.2) is 0 Å². The Morgan fingerprint density at radius 3 is 2.95 bits per heavy atom. The number of hydrogen-bond acceptors (Lipinski definition) is 4. The van der Waals surface area contributed by atoms with Crippen molar-refractivity contribution in [1.82, 2.24) is 9.88 Å². The number of aromatic nitrogens is 1. The van der Waals surface area contributed by atoms with Crippen molar-refractivity contribution in [3.63, 3.8) is 0 Å². The van der Waals surface area contributed by atoms with Crippen molar-refractivity contribution in [1.29, 1.82) is 0 Å². The Bertz CT molecular complexity index is 577. The molecule has 2 atom stereocenters. The van der Waals surface area contributed by atoms with E-state index in [1.54, 1.807) is 11.3 Å². The minimum atomic E-state index is -0.681. The number of rotatable bonds is 3. The molecule has 1 aromatic carbocycles. The van der Waals surface area contributed by atoms with E-state index in [9.17, 15) is 4.79 Å². The Balaban J connectivity index is 1.74. The van der Waals surface area contributed by atoms with Crippen molar-refractivity contribution in [2.45, 2.75) is 13.5 Å². The second-order valence-corrected chi connectivity index (χ2v) is 6.31. The predicted octanol–water partition coefficient (Wildman–Crippen LogP) is 2.45. The van der Waals surface area contributed by atoms with Gasteiger partial charge >= 0.3 is 5.97 Å². The molecule has 0 amide bonds. The van der Waals surface area contributed by atoms with Crippen molar-refractivity contribution in [2.75, 3.05) is 13.1 Å². The summed E-state index contributed by atoms with van der Waals surface area (Å²) in [5, 5.41) is 10.2. The first-order chi connectivity index (χ1) is 9.13. The molecule has 1 saturated heterocycles. The third kappa shape index (κ3) is 2.48. The lowest BCUT2D eigenvalue weighted by atomic mass is 9.99. The van der Waals surface area contributed by atoms with Crippen molar-refractivity contribution in [3.05, 3.63) is 29.3 Å². The van der Waals surface area contributed by atoms with E-state index in [0.29, 0.717) is 6.54 Å². The number of carbonyl (C=O) groups is 1. The molecule has 3 rings (SSSR count). The third-order valence-corrected chi connectivity index (χ3v) is 4.72. The SMILES string of the molecule is CC1CN(Cc2nc3ccccc3s2)CC1C(=O)O. The Hall–Kier alpha value is -1.46. The number of fused-ring (bicyclic) bond motifs is 1. The minimum Gasteiger partial charge on any atom is -0.481 e. The first-order valence-electron chi connectivity index (χ1n) is 6.43. The molecule has 4 nitrogen and oxygen atoms in total. The number of para-hydroxylation sites is 1. The van der Waals surface area contributed by atoms with Crippen LogP contribution in [-0.2, 0) is 11.3 Å². The van der Waals surface area contributed by atoms with Crippen LogP contribution in [0.4, 0.5) is 0 Å². The van der Waals surface area contributed by atoms with Crippen LogP contribution < -0.4 is 0 Å². The van der Waals surface area contributed by atoms with E-state index in [-0.39, 0.29) is 11.8 Å². The van der Waals surface area contributed by atoms with Crippen molar-refractivity contribution >= 4 is 27.5 Å².